The molecule has 1 heterocycles. The van der Waals surface area contributed by atoms with Gasteiger partial charge in [-0.25, -0.2) is 0 Å². The SMILES string of the molecule is CCC1CC(Oc2ccc([N+](=O)[O-])cc2)CCN1CC. The van der Waals surface area contributed by atoms with Gasteiger partial charge in [-0.05, 0) is 37.9 Å². The number of rotatable bonds is 5. The Morgan fingerprint density at radius 1 is 1.35 bits per heavy atom. The van der Waals surface area contributed by atoms with Crippen molar-refractivity contribution in [3.63, 3.8) is 0 Å². The third-order valence-corrected chi connectivity index (χ3v) is 4.02. The number of hydrogen-bond acceptors (Lipinski definition) is 4. The Balaban J connectivity index is 1.95. The lowest BCUT2D eigenvalue weighted by molar-refractivity contribution is -0.384. The van der Waals surface area contributed by atoms with Crippen molar-refractivity contribution in [1.29, 1.82) is 0 Å². The second kappa shape index (κ2) is 6.70. The van der Waals surface area contributed by atoms with Crippen molar-refractivity contribution >= 4 is 5.69 Å². The highest BCUT2D eigenvalue weighted by Gasteiger charge is 2.27. The highest BCUT2D eigenvalue weighted by Crippen LogP contribution is 2.25. The van der Waals surface area contributed by atoms with Crippen LogP contribution >= 0.6 is 0 Å². The van der Waals surface area contributed by atoms with Crippen LogP contribution in [0.3, 0.4) is 0 Å². The van der Waals surface area contributed by atoms with E-state index < -0.39 is 4.92 Å². The number of piperidine rings is 1. The monoisotopic (exact) mass is 278 g/mol. The van der Waals surface area contributed by atoms with Crippen LogP contribution in [0.1, 0.15) is 33.1 Å². The van der Waals surface area contributed by atoms with Crippen molar-refractivity contribution in [3.05, 3.63) is 34.4 Å². The molecule has 1 saturated heterocycles. The van der Waals surface area contributed by atoms with Crippen molar-refractivity contribution in [2.24, 2.45) is 0 Å². The molecule has 0 radical (unpaired) electrons. The molecule has 1 fully saturated rings. The zero-order valence-corrected chi connectivity index (χ0v) is 12.1. The molecule has 0 saturated carbocycles. The molecule has 2 rings (SSSR count). The average molecular weight is 278 g/mol. The van der Waals surface area contributed by atoms with Crippen LogP contribution in [0.25, 0.3) is 0 Å². The Hall–Kier alpha value is -1.62. The molecule has 2 unspecified atom stereocenters. The van der Waals surface area contributed by atoms with Crippen LogP contribution in [0, 0.1) is 10.1 Å². The van der Waals surface area contributed by atoms with E-state index in [1.165, 1.54) is 12.1 Å². The van der Waals surface area contributed by atoms with E-state index >= 15 is 0 Å². The topological polar surface area (TPSA) is 55.6 Å². The van der Waals surface area contributed by atoms with Crippen LogP contribution in [-0.2, 0) is 0 Å². The average Bonchev–Trinajstić information content (AvgIpc) is 2.47. The van der Waals surface area contributed by atoms with Crippen molar-refractivity contribution in [2.75, 3.05) is 13.1 Å². The molecular weight excluding hydrogens is 256 g/mol. The molecule has 1 aromatic rings. The minimum absolute atomic E-state index is 0.101. The van der Waals surface area contributed by atoms with Crippen LogP contribution in [0.2, 0.25) is 0 Å². The normalized spacial score (nSPS) is 23.5. The van der Waals surface area contributed by atoms with E-state index in [9.17, 15) is 10.1 Å². The molecule has 5 heteroatoms. The smallest absolute Gasteiger partial charge is 0.269 e. The van der Waals surface area contributed by atoms with E-state index in [1.807, 2.05) is 0 Å². The molecule has 0 amide bonds. The first kappa shape index (κ1) is 14.8. The van der Waals surface area contributed by atoms with Gasteiger partial charge in [0, 0.05) is 24.7 Å². The number of nitrogens with zero attached hydrogens (tertiary/aromatic N) is 2. The summed E-state index contributed by atoms with van der Waals surface area (Å²) in [5, 5.41) is 10.6. The Bertz CT molecular complexity index is 447. The predicted molar refractivity (Wildman–Crippen MR) is 78.1 cm³/mol. The Kier molecular flexibility index (Phi) is 4.95. The van der Waals surface area contributed by atoms with E-state index in [-0.39, 0.29) is 11.8 Å². The minimum Gasteiger partial charge on any atom is -0.490 e. The quantitative estimate of drug-likeness (QED) is 0.613. The summed E-state index contributed by atoms with van der Waals surface area (Å²) >= 11 is 0. The minimum atomic E-state index is -0.392. The first-order valence-corrected chi connectivity index (χ1v) is 7.29. The Labute approximate surface area is 119 Å². The predicted octanol–water partition coefficient (Wildman–Crippen LogP) is 3.24. The Morgan fingerprint density at radius 3 is 2.60 bits per heavy atom. The second-order valence-electron chi connectivity index (χ2n) is 5.21. The summed E-state index contributed by atoms with van der Waals surface area (Å²) in [6.45, 7) is 6.55. The number of non-ortho nitro benzene ring substituents is 1. The molecule has 0 aliphatic carbocycles. The van der Waals surface area contributed by atoms with Crippen LogP contribution in [0.5, 0.6) is 5.75 Å². The largest absolute Gasteiger partial charge is 0.490 e. The van der Waals surface area contributed by atoms with Crippen molar-refractivity contribution in [3.8, 4) is 5.75 Å². The number of ether oxygens (including phenoxy) is 1. The van der Waals surface area contributed by atoms with Gasteiger partial charge in [0.15, 0.2) is 0 Å². The zero-order valence-electron chi connectivity index (χ0n) is 12.1. The van der Waals surface area contributed by atoms with Gasteiger partial charge in [0.1, 0.15) is 11.9 Å². The van der Waals surface area contributed by atoms with Gasteiger partial charge >= 0.3 is 0 Å². The lowest BCUT2D eigenvalue weighted by Crippen LogP contribution is -2.45. The summed E-state index contributed by atoms with van der Waals surface area (Å²) < 4.78 is 5.97. The van der Waals surface area contributed by atoms with Gasteiger partial charge in [-0.1, -0.05) is 13.8 Å². The van der Waals surface area contributed by atoms with Gasteiger partial charge in [-0.2, -0.15) is 0 Å². The van der Waals surface area contributed by atoms with Gasteiger partial charge in [0.2, 0.25) is 0 Å². The maximum Gasteiger partial charge on any atom is 0.269 e. The van der Waals surface area contributed by atoms with Crippen molar-refractivity contribution < 1.29 is 9.66 Å². The standard InChI is InChI=1S/C15H22N2O3/c1-3-12-11-15(9-10-16(12)4-2)20-14-7-5-13(6-8-14)17(18)19/h5-8,12,15H,3-4,9-11H2,1-2H3. The van der Waals surface area contributed by atoms with Crippen molar-refractivity contribution in [1.82, 2.24) is 4.90 Å². The van der Waals surface area contributed by atoms with E-state index in [0.717, 1.165) is 38.1 Å². The molecule has 1 aliphatic heterocycles. The molecule has 110 valence electrons. The fourth-order valence-electron chi connectivity index (χ4n) is 2.85. The van der Waals surface area contributed by atoms with E-state index in [2.05, 4.69) is 18.7 Å². The number of hydrogen-bond donors (Lipinski definition) is 0. The first-order chi connectivity index (χ1) is 9.63. The van der Waals surface area contributed by atoms with Crippen LogP contribution in [0.15, 0.2) is 24.3 Å². The van der Waals surface area contributed by atoms with Gasteiger partial charge in [0.25, 0.3) is 5.69 Å². The fraction of sp³-hybridized carbons (Fsp3) is 0.600. The molecule has 0 N–H and O–H groups in total. The molecule has 1 aliphatic rings. The molecule has 20 heavy (non-hydrogen) atoms. The number of nitro benzene ring substituents is 1. The van der Waals surface area contributed by atoms with Gasteiger partial charge in [-0.15, -0.1) is 0 Å². The lowest BCUT2D eigenvalue weighted by Gasteiger charge is -2.38. The van der Waals surface area contributed by atoms with E-state index in [1.54, 1.807) is 12.1 Å². The van der Waals surface area contributed by atoms with Gasteiger partial charge in [0.05, 0.1) is 4.92 Å². The number of nitro groups is 1. The summed E-state index contributed by atoms with van der Waals surface area (Å²) in [6, 6.07) is 6.94. The maximum atomic E-state index is 10.6. The zero-order chi connectivity index (χ0) is 14.5. The number of benzene rings is 1. The molecule has 0 bridgehead atoms. The summed E-state index contributed by atoms with van der Waals surface area (Å²) in [6.07, 6.45) is 3.39. The van der Waals surface area contributed by atoms with Crippen LogP contribution in [0.4, 0.5) is 5.69 Å². The fourth-order valence-corrected chi connectivity index (χ4v) is 2.85. The van der Waals surface area contributed by atoms with E-state index in [0.29, 0.717) is 6.04 Å². The summed E-state index contributed by atoms with van der Waals surface area (Å²) in [4.78, 5) is 12.7. The van der Waals surface area contributed by atoms with E-state index in [4.69, 9.17) is 4.74 Å². The van der Waals surface area contributed by atoms with Crippen LogP contribution < -0.4 is 4.74 Å². The summed E-state index contributed by atoms with van der Waals surface area (Å²) in [5.74, 6) is 0.723. The molecule has 2 atom stereocenters. The molecular formula is C15H22N2O3. The van der Waals surface area contributed by atoms with Crippen LogP contribution in [-0.4, -0.2) is 35.1 Å². The first-order valence-electron chi connectivity index (χ1n) is 7.29. The van der Waals surface area contributed by atoms with Gasteiger partial charge < -0.3 is 9.64 Å². The highest BCUT2D eigenvalue weighted by molar-refractivity contribution is 5.36. The molecule has 5 nitrogen and oxygen atoms in total. The lowest BCUT2D eigenvalue weighted by atomic mass is 9.97. The highest BCUT2D eigenvalue weighted by atomic mass is 16.6. The van der Waals surface area contributed by atoms with Crippen molar-refractivity contribution in [2.45, 2.75) is 45.3 Å². The Morgan fingerprint density at radius 2 is 2.05 bits per heavy atom. The van der Waals surface area contributed by atoms with Gasteiger partial charge in [-0.3, -0.25) is 10.1 Å². The molecule has 0 aromatic heterocycles. The second-order valence-corrected chi connectivity index (χ2v) is 5.21. The third kappa shape index (κ3) is 3.48. The third-order valence-electron chi connectivity index (χ3n) is 4.02. The number of likely N-dealkylation sites (tertiary alicyclic amines) is 1. The maximum absolute atomic E-state index is 10.6. The summed E-state index contributed by atoms with van der Waals surface area (Å²) in [5.41, 5.74) is 0.101. The summed E-state index contributed by atoms with van der Waals surface area (Å²) in [7, 11) is 0. The molecule has 1 aromatic carbocycles. The molecule has 0 spiro atoms.